The molecular weight excluding hydrogens is 228 g/mol. The zero-order valence-electron chi connectivity index (χ0n) is 10.9. The monoisotopic (exact) mass is 246 g/mol. The van der Waals surface area contributed by atoms with Gasteiger partial charge in [-0.25, -0.2) is 0 Å². The van der Waals surface area contributed by atoms with Gasteiger partial charge in [0.1, 0.15) is 0 Å². The fourth-order valence-corrected chi connectivity index (χ4v) is 1.49. The molecule has 96 valence electrons. The molecule has 4 heteroatoms. The summed E-state index contributed by atoms with van der Waals surface area (Å²) in [4.78, 5) is 23.2. The van der Waals surface area contributed by atoms with E-state index in [4.69, 9.17) is 0 Å². The van der Waals surface area contributed by atoms with Gasteiger partial charge in [-0.2, -0.15) is 0 Å². The number of carbonyl (C=O) groups is 2. The van der Waals surface area contributed by atoms with Gasteiger partial charge in [0.05, 0.1) is 0 Å². The SMILES string of the molecule is CC=CC(=O)Nc1cc(C(=O)NCC)ccc1C. The molecule has 0 unspecified atom stereocenters. The molecule has 18 heavy (non-hydrogen) atoms. The summed E-state index contributed by atoms with van der Waals surface area (Å²) in [5.41, 5.74) is 2.11. The van der Waals surface area contributed by atoms with E-state index in [9.17, 15) is 9.59 Å². The van der Waals surface area contributed by atoms with Crippen LogP contribution in [0.3, 0.4) is 0 Å². The molecule has 0 fully saturated rings. The van der Waals surface area contributed by atoms with E-state index in [0.29, 0.717) is 17.8 Å². The highest BCUT2D eigenvalue weighted by molar-refractivity contribution is 6.01. The van der Waals surface area contributed by atoms with Crippen molar-refractivity contribution in [3.8, 4) is 0 Å². The molecule has 1 aromatic rings. The zero-order chi connectivity index (χ0) is 13.5. The fourth-order valence-electron chi connectivity index (χ4n) is 1.49. The van der Waals surface area contributed by atoms with Crippen molar-refractivity contribution in [1.29, 1.82) is 0 Å². The van der Waals surface area contributed by atoms with Gasteiger partial charge < -0.3 is 10.6 Å². The number of hydrogen-bond donors (Lipinski definition) is 2. The summed E-state index contributed by atoms with van der Waals surface area (Å²) in [6, 6.07) is 5.24. The molecule has 4 nitrogen and oxygen atoms in total. The summed E-state index contributed by atoms with van der Waals surface area (Å²) < 4.78 is 0. The molecule has 2 N–H and O–H groups in total. The van der Waals surface area contributed by atoms with Crippen LogP contribution in [0.1, 0.15) is 29.8 Å². The minimum atomic E-state index is -0.200. The van der Waals surface area contributed by atoms with E-state index in [2.05, 4.69) is 10.6 Å². The van der Waals surface area contributed by atoms with Gasteiger partial charge in [0.15, 0.2) is 0 Å². The Morgan fingerprint density at radius 3 is 2.67 bits per heavy atom. The van der Waals surface area contributed by atoms with Crippen LogP contribution in [-0.2, 0) is 4.79 Å². The van der Waals surface area contributed by atoms with Crippen molar-refractivity contribution < 1.29 is 9.59 Å². The van der Waals surface area contributed by atoms with E-state index >= 15 is 0 Å². The average molecular weight is 246 g/mol. The molecule has 0 aromatic heterocycles. The predicted octanol–water partition coefficient (Wildman–Crippen LogP) is 2.26. The Morgan fingerprint density at radius 1 is 1.33 bits per heavy atom. The molecule has 0 atom stereocenters. The second-order valence-electron chi connectivity index (χ2n) is 3.88. The van der Waals surface area contributed by atoms with Crippen molar-refractivity contribution >= 4 is 17.5 Å². The Labute approximate surface area is 107 Å². The van der Waals surface area contributed by atoms with Gasteiger partial charge in [0.2, 0.25) is 5.91 Å². The number of carbonyl (C=O) groups excluding carboxylic acids is 2. The molecule has 0 aliphatic heterocycles. The van der Waals surface area contributed by atoms with Crippen molar-refractivity contribution in [2.75, 3.05) is 11.9 Å². The molecule has 0 saturated carbocycles. The number of rotatable bonds is 4. The summed E-state index contributed by atoms with van der Waals surface area (Å²) in [5.74, 6) is -0.340. The van der Waals surface area contributed by atoms with Crippen molar-refractivity contribution in [3.05, 3.63) is 41.5 Å². The van der Waals surface area contributed by atoms with Gasteiger partial charge in [-0.05, 0) is 44.5 Å². The largest absolute Gasteiger partial charge is 0.352 e. The number of aryl methyl sites for hydroxylation is 1. The van der Waals surface area contributed by atoms with E-state index in [1.54, 1.807) is 25.1 Å². The van der Waals surface area contributed by atoms with Crippen molar-refractivity contribution in [3.63, 3.8) is 0 Å². The lowest BCUT2D eigenvalue weighted by molar-refractivity contribution is -0.111. The van der Waals surface area contributed by atoms with Gasteiger partial charge >= 0.3 is 0 Å². The van der Waals surface area contributed by atoms with E-state index in [1.807, 2.05) is 19.9 Å². The van der Waals surface area contributed by atoms with Crippen LogP contribution in [0.25, 0.3) is 0 Å². The third-order valence-corrected chi connectivity index (χ3v) is 2.41. The minimum Gasteiger partial charge on any atom is -0.352 e. The van der Waals surface area contributed by atoms with Gasteiger partial charge in [0.25, 0.3) is 5.91 Å². The molecule has 0 saturated heterocycles. The lowest BCUT2D eigenvalue weighted by Gasteiger charge is -2.09. The molecule has 0 heterocycles. The predicted molar refractivity (Wildman–Crippen MR) is 72.6 cm³/mol. The Bertz CT molecular complexity index is 479. The van der Waals surface area contributed by atoms with Gasteiger partial charge in [0, 0.05) is 17.8 Å². The van der Waals surface area contributed by atoms with Crippen molar-refractivity contribution in [2.45, 2.75) is 20.8 Å². The standard InChI is InChI=1S/C14H18N2O2/c1-4-6-13(17)16-12-9-11(8-7-10(12)3)14(18)15-5-2/h4,6-9H,5H2,1-3H3,(H,15,18)(H,16,17). The molecule has 0 aliphatic rings. The van der Waals surface area contributed by atoms with Crippen LogP contribution in [-0.4, -0.2) is 18.4 Å². The smallest absolute Gasteiger partial charge is 0.251 e. The van der Waals surface area contributed by atoms with Crippen LogP contribution in [0.5, 0.6) is 0 Å². The fraction of sp³-hybridized carbons (Fsp3) is 0.286. The summed E-state index contributed by atoms with van der Waals surface area (Å²) in [6.45, 7) is 6.10. The number of allylic oxidation sites excluding steroid dienone is 1. The maximum atomic E-state index is 11.7. The molecule has 0 spiro atoms. The summed E-state index contributed by atoms with van der Waals surface area (Å²) in [5, 5.41) is 5.46. The van der Waals surface area contributed by atoms with Gasteiger partial charge in [-0.1, -0.05) is 12.1 Å². The Morgan fingerprint density at radius 2 is 2.06 bits per heavy atom. The Kier molecular flexibility index (Phi) is 5.11. The maximum absolute atomic E-state index is 11.7. The van der Waals surface area contributed by atoms with Gasteiger partial charge in [-0.15, -0.1) is 0 Å². The van der Waals surface area contributed by atoms with E-state index < -0.39 is 0 Å². The topological polar surface area (TPSA) is 58.2 Å². The maximum Gasteiger partial charge on any atom is 0.251 e. The second kappa shape index (κ2) is 6.59. The van der Waals surface area contributed by atoms with Crippen LogP contribution in [0.15, 0.2) is 30.4 Å². The lowest BCUT2D eigenvalue weighted by Crippen LogP contribution is -2.23. The van der Waals surface area contributed by atoms with E-state index in [1.165, 1.54) is 6.08 Å². The first-order chi connectivity index (χ1) is 8.58. The highest BCUT2D eigenvalue weighted by Crippen LogP contribution is 2.17. The van der Waals surface area contributed by atoms with Crippen LogP contribution < -0.4 is 10.6 Å². The third kappa shape index (κ3) is 3.73. The Hall–Kier alpha value is -2.10. The summed E-state index contributed by atoms with van der Waals surface area (Å²) >= 11 is 0. The molecule has 2 amide bonds. The van der Waals surface area contributed by atoms with E-state index in [0.717, 1.165) is 5.56 Å². The van der Waals surface area contributed by atoms with E-state index in [-0.39, 0.29) is 11.8 Å². The molecular formula is C14H18N2O2. The van der Waals surface area contributed by atoms with Crippen LogP contribution in [0.2, 0.25) is 0 Å². The highest BCUT2D eigenvalue weighted by atomic mass is 16.2. The van der Waals surface area contributed by atoms with Gasteiger partial charge in [-0.3, -0.25) is 9.59 Å². The van der Waals surface area contributed by atoms with Crippen LogP contribution >= 0.6 is 0 Å². The minimum absolute atomic E-state index is 0.140. The normalized spacial score (nSPS) is 10.4. The number of anilines is 1. The van der Waals surface area contributed by atoms with Crippen LogP contribution in [0, 0.1) is 6.92 Å². The first kappa shape index (κ1) is 14.0. The molecule has 1 aromatic carbocycles. The summed E-state index contributed by atoms with van der Waals surface area (Å²) in [6.07, 6.45) is 3.11. The van der Waals surface area contributed by atoms with Crippen molar-refractivity contribution in [1.82, 2.24) is 5.32 Å². The zero-order valence-corrected chi connectivity index (χ0v) is 10.9. The Balaban J connectivity index is 2.94. The van der Waals surface area contributed by atoms with Crippen LogP contribution in [0.4, 0.5) is 5.69 Å². The average Bonchev–Trinajstić information content (AvgIpc) is 2.32. The number of hydrogen-bond acceptors (Lipinski definition) is 2. The molecule has 0 radical (unpaired) electrons. The first-order valence-electron chi connectivity index (χ1n) is 5.91. The highest BCUT2D eigenvalue weighted by Gasteiger charge is 2.08. The molecule has 1 rings (SSSR count). The number of nitrogens with one attached hydrogen (secondary N) is 2. The second-order valence-corrected chi connectivity index (χ2v) is 3.88. The van der Waals surface area contributed by atoms with Crippen molar-refractivity contribution in [2.24, 2.45) is 0 Å². The molecule has 0 aliphatic carbocycles. The number of benzene rings is 1. The molecule has 0 bridgehead atoms. The summed E-state index contributed by atoms with van der Waals surface area (Å²) in [7, 11) is 0. The first-order valence-corrected chi connectivity index (χ1v) is 5.91. The quantitative estimate of drug-likeness (QED) is 0.801. The third-order valence-electron chi connectivity index (χ3n) is 2.41. The number of amides is 2. The lowest BCUT2D eigenvalue weighted by atomic mass is 10.1.